The summed E-state index contributed by atoms with van der Waals surface area (Å²) in [6, 6.07) is 6.92. The van der Waals surface area contributed by atoms with Crippen LogP contribution in [0.5, 0.6) is 0 Å². The maximum Gasteiger partial charge on any atom is 0.417 e. The van der Waals surface area contributed by atoms with Gasteiger partial charge in [-0.15, -0.1) is 5.10 Å². The number of anilines is 1. The molecule has 150 valence electrons. The molecule has 3 N–H and O–H groups in total. The number of fused-ring (bicyclic) bond motifs is 1. The Bertz CT molecular complexity index is 1330. The Morgan fingerprint density at radius 3 is 2.52 bits per heavy atom. The van der Waals surface area contributed by atoms with Crippen molar-refractivity contribution < 1.29 is 21.6 Å². The Hall–Kier alpha value is -3.06. The second-order valence-corrected chi connectivity index (χ2v) is 9.07. The molecule has 0 spiro atoms. The van der Waals surface area contributed by atoms with Gasteiger partial charge in [-0.25, -0.2) is 18.5 Å². The predicted molar refractivity (Wildman–Crippen MR) is 101 cm³/mol. The van der Waals surface area contributed by atoms with Crippen molar-refractivity contribution in [2.24, 2.45) is 0 Å². The zero-order chi connectivity index (χ0) is 21.0. The molecule has 8 nitrogen and oxygen atoms in total. The molecule has 0 amide bonds. The minimum absolute atomic E-state index is 0.200. The first kappa shape index (κ1) is 19.3. The fourth-order valence-corrected chi connectivity index (χ4v) is 5.11. The number of nitrogens with two attached hydrogens (primary N) is 1. The molecule has 0 bridgehead atoms. The number of hydrogen-bond acceptors (Lipinski definition) is 8. The number of nitrogen functional groups attached to an aromatic ring is 1. The topological polar surface area (TPSA) is 128 Å². The normalized spacial score (nSPS) is 12.6. The van der Waals surface area contributed by atoms with Crippen LogP contribution in [0.15, 0.2) is 35.2 Å². The van der Waals surface area contributed by atoms with Crippen LogP contribution >= 0.6 is 11.3 Å². The number of aromatic amines is 1. The summed E-state index contributed by atoms with van der Waals surface area (Å²) in [6.45, 7) is 0. The molecule has 4 aromatic rings. The second-order valence-electron chi connectivity index (χ2n) is 6.09. The van der Waals surface area contributed by atoms with Crippen LogP contribution in [-0.4, -0.2) is 40.3 Å². The molecule has 0 aliphatic heterocycles. The maximum atomic E-state index is 13.6. The molecule has 0 unspecified atom stereocenters. The number of H-pyrrole nitrogens is 1. The average molecular weight is 440 g/mol. The summed E-state index contributed by atoms with van der Waals surface area (Å²) in [5, 5.41) is 13.1. The summed E-state index contributed by atoms with van der Waals surface area (Å²) in [5.74, 6) is -0.207. The number of hydrogen-bond donors (Lipinski definition) is 2. The summed E-state index contributed by atoms with van der Waals surface area (Å²) < 4.78 is 66.4. The van der Waals surface area contributed by atoms with Gasteiger partial charge in [-0.2, -0.15) is 13.2 Å². The average Bonchev–Trinajstić information content (AvgIpc) is 3.27. The first-order valence-corrected chi connectivity index (χ1v) is 10.6. The Labute approximate surface area is 165 Å². The monoisotopic (exact) mass is 440 g/mol. The molecule has 0 atom stereocenters. The van der Waals surface area contributed by atoms with Crippen LogP contribution in [-0.2, 0) is 16.0 Å². The van der Waals surface area contributed by atoms with Crippen molar-refractivity contribution in [3.05, 3.63) is 35.9 Å². The van der Waals surface area contributed by atoms with Crippen LogP contribution in [0.1, 0.15) is 5.56 Å². The van der Waals surface area contributed by atoms with Gasteiger partial charge in [0.1, 0.15) is 0 Å². The van der Waals surface area contributed by atoms with Gasteiger partial charge in [0.25, 0.3) is 0 Å². The van der Waals surface area contributed by atoms with Crippen LogP contribution < -0.4 is 5.73 Å². The standard InChI is InChI=1S/C16H11F3N6O2S2/c1-29(26,27)13-9(16(17,18)19)6-5-7(11(13)14-22-24-25-23-14)8-3-2-4-10-12(8)28-15(20)21-10/h2-6H,1H3,(H2,20,21)(H,22,23,24,25). The zero-order valence-corrected chi connectivity index (χ0v) is 16.2. The number of sulfone groups is 1. The lowest BCUT2D eigenvalue weighted by Crippen LogP contribution is -2.15. The largest absolute Gasteiger partial charge is 0.417 e. The van der Waals surface area contributed by atoms with Gasteiger partial charge in [0.05, 0.1) is 20.7 Å². The van der Waals surface area contributed by atoms with E-state index in [-0.39, 0.29) is 22.1 Å². The number of halogens is 3. The summed E-state index contributed by atoms with van der Waals surface area (Å²) in [5.41, 5.74) is 5.40. The van der Waals surface area contributed by atoms with Crippen molar-refractivity contribution in [2.45, 2.75) is 11.1 Å². The van der Waals surface area contributed by atoms with Gasteiger partial charge in [0, 0.05) is 17.4 Å². The van der Waals surface area contributed by atoms with Crippen molar-refractivity contribution >= 4 is 36.5 Å². The Balaban J connectivity index is 2.19. The highest BCUT2D eigenvalue weighted by Gasteiger charge is 2.39. The molecule has 2 aromatic carbocycles. The molecule has 13 heteroatoms. The van der Waals surface area contributed by atoms with Crippen LogP contribution in [0.2, 0.25) is 0 Å². The third-order valence-electron chi connectivity index (χ3n) is 4.14. The molecule has 2 aromatic heterocycles. The number of alkyl halides is 3. The summed E-state index contributed by atoms with van der Waals surface area (Å²) >= 11 is 1.14. The third kappa shape index (κ3) is 3.31. The molecule has 0 aliphatic rings. The van der Waals surface area contributed by atoms with E-state index in [1.165, 1.54) is 6.07 Å². The van der Waals surface area contributed by atoms with Crippen LogP contribution in [0.25, 0.3) is 32.7 Å². The predicted octanol–water partition coefficient (Wildman–Crippen LogP) is 3.15. The van der Waals surface area contributed by atoms with Gasteiger partial charge in [0.15, 0.2) is 20.8 Å². The summed E-state index contributed by atoms with van der Waals surface area (Å²) in [4.78, 5) is 3.26. The molecule has 0 fully saturated rings. The SMILES string of the molecule is CS(=O)(=O)c1c(C(F)(F)F)ccc(-c2cccc3nc(N)sc23)c1-c1nnn[nH]1. The lowest BCUT2D eigenvalue weighted by molar-refractivity contribution is -0.139. The van der Waals surface area contributed by atoms with Crippen LogP contribution in [0.3, 0.4) is 0 Å². The summed E-state index contributed by atoms with van der Waals surface area (Å²) in [6.07, 6.45) is -4.19. The van der Waals surface area contributed by atoms with Gasteiger partial charge in [-0.1, -0.05) is 29.5 Å². The molecule has 4 rings (SSSR count). The van der Waals surface area contributed by atoms with Gasteiger partial charge in [0.2, 0.25) is 0 Å². The minimum Gasteiger partial charge on any atom is -0.375 e. The quantitative estimate of drug-likeness (QED) is 0.501. The van der Waals surface area contributed by atoms with E-state index in [4.69, 9.17) is 5.73 Å². The molecule has 0 saturated carbocycles. The number of rotatable bonds is 3. The van der Waals surface area contributed by atoms with Crippen LogP contribution in [0, 0.1) is 0 Å². The molecule has 29 heavy (non-hydrogen) atoms. The molecular weight excluding hydrogens is 429 g/mol. The lowest BCUT2D eigenvalue weighted by atomic mass is 9.96. The molecule has 0 aliphatic carbocycles. The van der Waals surface area contributed by atoms with Gasteiger partial charge >= 0.3 is 6.18 Å². The Morgan fingerprint density at radius 2 is 1.90 bits per heavy atom. The number of nitrogens with one attached hydrogen (secondary N) is 1. The van der Waals surface area contributed by atoms with Crippen molar-refractivity contribution in [1.29, 1.82) is 0 Å². The molecule has 0 radical (unpaired) electrons. The molecule has 2 heterocycles. The van der Waals surface area contributed by atoms with Crippen molar-refractivity contribution in [2.75, 3.05) is 12.0 Å². The summed E-state index contributed by atoms with van der Waals surface area (Å²) in [7, 11) is -4.32. The zero-order valence-electron chi connectivity index (χ0n) is 14.5. The van der Waals surface area contributed by atoms with E-state index in [2.05, 4.69) is 25.6 Å². The van der Waals surface area contributed by atoms with E-state index in [1.807, 2.05) is 0 Å². The van der Waals surface area contributed by atoms with E-state index in [0.717, 1.165) is 17.4 Å². The first-order valence-electron chi connectivity index (χ1n) is 7.91. The lowest BCUT2D eigenvalue weighted by Gasteiger charge is -2.18. The van der Waals surface area contributed by atoms with Crippen molar-refractivity contribution in [3.63, 3.8) is 0 Å². The number of benzene rings is 2. The first-order chi connectivity index (χ1) is 13.6. The van der Waals surface area contributed by atoms with E-state index < -0.39 is 26.5 Å². The maximum absolute atomic E-state index is 13.6. The minimum atomic E-state index is -4.90. The van der Waals surface area contributed by atoms with Gasteiger partial charge in [-0.3, -0.25) is 0 Å². The highest BCUT2D eigenvalue weighted by molar-refractivity contribution is 7.91. The highest BCUT2D eigenvalue weighted by Crippen LogP contribution is 2.45. The molecule has 0 saturated heterocycles. The van der Waals surface area contributed by atoms with E-state index >= 15 is 0 Å². The fraction of sp³-hybridized carbons (Fsp3) is 0.125. The number of aromatic nitrogens is 5. The third-order valence-corrected chi connectivity index (χ3v) is 6.24. The van der Waals surface area contributed by atoms with E-state index in [0.29, 0.717) is 22.0 Å². The second kappa shape index (κ2) is 6.49. The van der Waals surface area contributed by atoms with Gasteiger partial charge < -0.3 is 5.73 Å². The fourth-order valence-electron chi connectivity index (χ4n) is 3.09. The van der Waals surface area contributed by atoms with Gasteiger partial charge in [-0.05, 0) is 28.1 Å². The smallest absolute Gasteiger partial charge is 0.375 e. The van der Waals surface area contributed by atoms with Crippen LogP contribution in [0.4, 0.5) is 18.3 Å². The number of thiazole rings is 1. The Kier molecular flexibility index (Phi) is 4.31. The number of tetrazole rings is 1. The van der Waals surface area contributed by atoms with Crippen molar-refractivity contribution in [3.8, 4) is 22.5 Å². The number of nitrogens with zero attached hydrogens (tertiary/aromatic N) is 4. The van der Waals surface area contributed by atoms with E-state index in [1.54, 1.807) is 18.2 Å². The van der Waals surface area contributed by atoms with E-state index in [9.17, 15) is 21.6 Å². The Morgan fingerprint density at radius 1 is 1.14 bits per heavy atom. The molecular formula is C16H11F3N6O2S2. The van der Waals surface area contributed by atoms with Crippen molar-refractivity contribution in [1.82, 2.24) is 25.6 Å². The highest BCUT2D eigenvalue weighted by atomic mass is 32.2.